The maximum Gasteiger partial charge on any atom is 0.240 e. The summed E-state index contributed by atoms with van der Waals surface area (Å²) < 4.78 is 43.3. The molecule has 7 heteroatoms. The number of aromatic nitrogens is 1. The van der Waals surface area contributed by atoms with Crippen LogP contribution in [0.4, 0.5) is 4.39 Å². The number of sulfonamides is 1. The normalized spacial score (nSPS) is 12.0. The maximum absolute atomic E-state index is 12.4. The predicted molar refractivity (Wildman–Crippen MR) is 79.7 cm³/mol. The van der Waals surface area contributed by atoms with E-state index in [1.165, 1.54) is 6.20 Å². The lowest BCUT2D eigenvalue weighted by atomic mass is 10.2. The lowest BCUT2D eigenvalue weighted by molar-refractivity contribution is 0.321. The summed E-state index contributed by atoms with van der Waals surface area (Å²) in [6.45, 7) is 2.38. The number of aryl methyl sites for hydroxylation is 1. The van der Waals surface area contributed by atoms with Gasteiger partial charge >= 0.3 is 0 Å². The Morgan fingerprint density at radius 2 is 2.14 bits per heavy atom. The number of ether oxygens (including phenoxy) is 1. The number of hydrogen-bond donors (Lipinski definition) is 1. The summed E-state index contributed by atoms with van der Waals surface area (Å²) in [6, 6.07) is 5.28. The van der Waals surface area contributed by atoms with Gasteiger partial charge in [-0.05, 0) is 25.0 Å². The Kier molecular flexibility index (Phi) is 4.84. The fourth-order valence-corrected chi connectivity index (χ4v) is 3.01. The third-order valence-electron chi connectivity index (χ3n) is 3.13. The zero-order chi connectivity index (χ0) is 15.5. The first-order chi connectivity index (χ1) is 9.99. The lowest BCUT2D eigenvalue weighted by Gasteiger charge is -2.08. The van der Waals surface area contributed by atoms with Crippen LogP contribution in [0.2, 0.25) is 0 Å². The molecule has 1 heterocycles. The monoisotopic (exact) mass is 314 g/mol. The van der Waals surface area contributed by atoms with E-state index >= 15 is 0 Å². The van der Waals surface area contributed by atoms with Crippen molar-refractivity contribution in [2.75, 3.05) is 13.3 Å². The largest absolute Gasteiger partial charge is 0.493 e. The van der Waals surface area contributed by atoms with E-state index in [-0.39, 0.29) is 4.90 Å². The average molecular weight is 314 g/mol. The number of rotatable bonds is 7. The number of fused-ring (bicyclic) bond motifs is 1. The van der Waals surface area contributed by atoms with Gasteiger partial charge in [0, 0.05) is 12.7 Å². The van der Waals surface area contributed by atoms with Crippen LogP contribution in [0.1, 0.15) is 19.8 Å². The standard InChI is InChI=1S/C14H19FN2O3S/c1-2-9-20-12-6-3-5-11-14(12)13(21(16,18)19)10-17(11)8-4-7-15/h3,5-6,10H,2,4,7-9H2,1H3,(H2,16,18,19). The van der Waals surface area contributed by atoms with Gasteiger partial charge in [-0.1, -0.05) is 13.0 Å². The quantitative estimate of drug-likeness (QED) is 0.853. The minimum Gasteiger partial charge on any atom is -0.493 e. The van der Waals surface area contributed by atoms with Gasteiger partial charge in [-0.3, -0.25) is 4.39 Å². The van der Waals surface area contributed by atoms with Crippen LogP contribution >= 0.6 is 0 Å². The van der Waals surface area contributed by atoms with Crippen molar-refractivity contribution in [3.05, 3.63) is 24.4 Å². The highest BCUT2D eigenvalue weighted by molar-refractivity contribution is 7.89. The van der Waals surface area contributed by atoms with Gasteiger partial charge in [0.1, 0.15) is 10.6 Å². The fourth-order valence-electron chi connectivity index (χ4n) is 2.25. The number of hydrogen-bond acceptors (Lipinski definition) is 3. The maximum atomic E-state index is 12.4. The van der Waals surface area contributed by atoms with Crippen molar-refractivity contribution in [1.82, 2.24) is 4.57 Å². The predicted octanol–water partition coefficient (Wildman–Crippen LogP) is 2.44. The molecule has 0 aliphatic heterocycles. The zero-order valence-corrected chi connectivity index (χ0v) is 12.7. The van der Waals surface area contributed by atoms with Gasteiger partial charge < -0.3 is 9.30 Å². The highest BCUT2D eigenvalue weighted by Gasteiger charge is 2.20. The minimum atomic E-state index is -3.88. The van der Waals surface area contributed by atoms with Crippen LogP contribution in [0.5, 0.6) is 5.75 Å². The summed E-state index contributed by atoms with van der Waals surface area (Å²) in [4.78, 5) is 0.0167. The molecule has 5 nitrogen and oxygen atoms in total. The van der Waals surface area contributed by atoms with E-state index in [0.29, 0.717) is 36.2 Å². The molecule has 0 saturated heterocycles. The third-order valence-corrected chi connectivity index (χ3v) is 4.06. The molecule has 0 bridgehead atoms. The molecule has 0 aliphatic carbocycles. The van der Waals surface area contributed by atoms with E-state index in [2.05, 4.69) is 0 Å². The zero-order valence-electron chi connectivity index (χ0n) is 11.9. The molecule has 0 unspecified atom stereocenters. The number of nitrogens with zero attached hydrogens (tertiary/aromatic N) is 1. The molecular weight excluding hydrogens is 295 g/mol. The summed E-state index contributed by atoms with van der Waals surface area (Å²) in [6.07, 6.45) is 2.58. The van der Waals surface area contributed by atoms with Gasteiger partial charge in [0.2, 0.25) is 10.0 Å². The first-order valence-corrected chi connectivity index (χ1v) is 8.37. The van der Waals surface area contributed by atoms with Gasteiger partial charge in [-0.15, -0.1) is 0 Å². The smallest absolute Gasteiger partial charge is 0.240 e. The van der Waals surface area contributed by atoms with E-state index in [1.807, 2.05) is 6.92 Å². The van der Waals surface area contributed by atoms with Crippen LogP contribution < -0.4 is 9.88 Å². The molecule has 2 aromatic rings. The average Bonchev–Trinajstić information content (AvgIpc) is 2.82. The second-order valence-electron chi connectivity index (χ2n) is 4.77. The SMILES string of the molecule is CCCOc1cccc2c1c(S(N)(=O)=O)cn2CCCF. The molecule has 0 amide bonds. The first kappa shape index (κ1) is 15.8. The number of nitrogens with two attached hydrogens (primary N) is 1. The molecule has 0 fully saturated rings. The Bertz CT molecular complexity index is 725. The third kappa shape index (κ3) is 3.36. The molecule has 2 rings (SSSR count). The molecule has 0 spiro atoms. The van der Waals surface area contributed by atoms with Gasteiger partial charge in [0.05, 0.1) is 24.2 Å². The van der Waals surface area contributed by atoms with Crippen molar-refractivity contribution in [3.8, 4) is 5.75 Å². The first-order valence-electron chi connectivity index (χ1n) is 6.82. The van der Waals surface area contributed by atoms with E-state index in [4.69, 9.17) is 9.88 Å². The van der Waals surface area contributed by atoms with Crippen molar-refractivity contribution in [1.29, 1.82) is 0 Å². The van der Waals surface area contributed by atoms with E-state index in [9.17, 15) is 12.8 Å². The highest BCUT2D eigenvalue weighted by atomic mass is 32.2. The van der Waals surface area contributed by atoms with Crippen molar-refractivity contribution in [2.45, 2.75) is 31.2 Å². The van der Waals surface area contributed by atoms with Crippen LogP contribution in [-0.2, 0) is 16.6 Å². The van der Waals surface area contributed by atoms with Crippen LogP contribution in [-0.4, -0.2) is 26.3 Å². The van der Waals surface area contributed by atoms with E-state index < -0.39 is 16.7 Å². The number of benzene rings is 1. The van der Waals surface area contributed by atoms with E-state index in [0.717, 1.165) is 6.42 Å². The summed E-state index contributed by atoms with van der Waals surface area (Å²) in [7, 11) is -3.88. The second kappa shape index (κ2) is 6.44. The van der Waals surface area contributed by atoms with Crippen LogP contribution in [0.25, 0.3) is 10.9 Å². The fraction of sp³-hybridized carbons (Fsp3) is 0.429. The Morgan fingerprint density at radius 1 is 1.38 bits per heavy atom. The molecule has 0 aliphatic rings. The number of primary sulfonamides is 1. The molecule has 1 aromatic heterocycles. The number of alkyl halides is 1. The van der Waals surface area contributed by atoms with Crippen molar-refractivity contribution < 1.29 is 17.5 Å². The number of halogens is 1. The topological polar surface area (TPSA) is 74.3 Å². The summed E-state index contributed by atoms with van der Waals surface area (Å²) in [5.74, 6) is 0.484. The molecule has 21 heavy (non-hydrogen) atoms. The van der Waals surface area contributed by atoms with Gasteiger partial charge in [-0.25, -0.2) is 13.6 Å². The molecule has 0 radical (unpaired) electrons. The van der Waals surface area contributed by atoms with Gasteiger partial charge in [0.25, 0.3) is 0 Å². The molecule has 116 valence electrons. The van der Waals surface area contributed by atoms with Crippen LogP contribution in [0.15, 0.2) is 29.3 Å². The summed E-state index contributed by atoms with van der Waals surface area (Å²) >= 11 is 0. The van der Waals surface area contributed by atoms with Crippen molar-refractivity contribution in [2.24, 2.45) is 5.14 Å². The minimum absolute atomic E-state index is 0.0167. The Hall–Kier alpha value is -1.60. The van der Waals surface area contributed by atoms with Crippen LogP contribution in [0.3, 0.4) is 0 Å². The Labute approximate surface area is 123 Å². The molecular formula is C14H19FN2O3S. The van der Waals surface area contributed by atoms with Gasteiger partial charge in [-0.2, -0.15) is 0 Å². The van der Waals surface area contributed by atoms with E-state index in [1.54, 1.807) is 22.8 Å². The molecule has 1 aromatic carbocycles. The Morgan fingerprint density at radius 3 is 2.76 bits per heavy atom. The molecule has 0 atom stereocenters. The van der Waals surface area contributed by atoms with Crippen molar-refractivity contribution >= 4 is 20.9 Å². The Balaban J connectivity index is 2.63. The molecule has 2 N–H and O–H groups in total. The van der Waals surface area contributed by atoms with Crippen LogP contribution in [0, 0.1) is 0 Å². The lowest BCUT2D eigenvalue weighted by Crippen LogP contribution is -2.12. The summed E-state index contributed by atoms with van der Waals surface area (Å²) in [5, 5.41) is 5.76. The van der Waals surface area contributed by atoms with Gasteiger partial charge in [0.15, 0.2) is 0 Å². The van der Waals surface area contributed by atoms with Crippen molar-refractivity contribution in [3.63, 3.8) is 0 Å². The molecule has 0 saturated carbocycles. The second-order valence-corrected chi connectivity index (χ2v) is 6.30. The highest BCUT2D eigenvalue weighted by Crippen LogP contribution is 2.33. The summed E-state index contributed by atoms with van der Waals surface area (Å²) in [5.41, 5.74) is 0.682.